The monoisotopic (exact) mass is 377 g/mol. The number of carbonyl (C=O) groups is 2. The summed E-state index contributed by atoms with van der Waals surface area (Å²) in [5.74, 6) is -1.02. The maximum atomic E-state index is 12.9. The van der Waals surface area contributed by atoms with Crippen LogP contribution in [-0.2, 0) is 19.1 Å². The maximum Gasteiger partial charge on any atom is 0.347 e. The van der Waals surface area contributed by atoms with Crippen molar-refractivity contribution in [2.45, 2.75) is 27.7 Å². The molecule has 144 valence electrons. The lowest BCUT2D eigenvalue weighted by atomic mass is 9.99. The van der Waals surface area contributed by atoms with Crippen molar-refractivity contribution in [3.05, 3.63) is 81.9 Å². The van der Waals surface area contributed by atoms with Crippen LogP contribution in [0.25, 0.3) is 6.08 Å². The summed E-state index contributed by atoms with van der Waals surface area (Å²) in [6, 6.07) is 13.3. The molecule has 0 spiro atoms. The summed E-state index contributed by atoms with van der Waals surface area (Å²) in [6.45, 7) is 7.89. The van der Waals surface area contributed by atoms with Crippen LogP contribution < -0.4 is 5.32 Å². The van der Waals surface area contributed by atoms with E-state index in [1.54, 1.807) is 13.0 Å². The van der Waals surface area contributed by atoms with Crippen molar-refractivity contribution < 1.29 is 19.1 Å². The number of ketones is 1. The molecule has 0 aromatic heterocycles. The number of nitrogens with one attached hydrogen (secondary N) is 1. The van der Waals surface area contributed by atoms with Gasteiger partial charge in [-0.3, -0.25) is 4.79 Å². The smallest absolute Gasteiger partial charge is 0.347 e. The molecule has 0 aliphatic carbocycles. The molecule has 2 aromatic carbocycles. The molecule has 1 heterocycles. The van der Waals surface area contributed by atoms with Gasteiger partial charge < -0.3 is 14.8 Å². The van der Waals surface area contributed by atoms with Crippen molar-refractivity contribution >= 4 is 23.5 Å². The number of hydrogen-bond donors (Lipinski definition) is 1. The van der Waals surface area contributed by atoms with Gasteiger partial charge in [-0.15, -0.1) is 0 Å². The molecule has 0 unspecified atom stereocenters. The maximum absolute atomic E-state index is 12.9. The fourth-order valence-electron chi connectivity index (χ4n) is 2.94. The zero-order chi connectivity index (χ0) is 20.3. The molecule has 1 aliphatic rings. The van der Waals surface area contributed by atoms with Crippen LogP contribution in [0.1, 0.15) is 29.2 Å². The first-order valence-electron chi connectivity index (χ1n) is 9.16. The second-order valence-electron chi connectivity index (χ2n) is 6.65. The van der Waals surface area contributed by atoms with E-state index in [9.17, 15) is 9.59 Å². The third-order valence-corrected chi connectivity index (χ3v) is 4.57. The second kappa shape index (κ2) is 8.13. The Morgan fingerprint density at radius 3 is 2.43 bits per heavy atom. The van der Waals surface area contributed by atoms with E-state index in [0.29, 0.717) is 5.69 Å². The summed E-state index contributed by atoms with van der Waals surface area (Å²) in [4.78, 5) is 25.3. The minimum atomic E-state index is -0.703. The van der Waals surface area contributed by atoms with E-state index in [4.69, 9.17) is 9.47 Å². The van der Waals surface area contributed by atoms with Gasteiger partial charge in [0.1, 0.15) is 0 Å². The third-order valence-electron chi connectivity index (χ3n) is 4.57. The summed E-state index contributed by atoms with van der Waals surface area (Å²) < 4.78 is 10.8. The fraction of sp³-hybridized carbons (Fsp3) is 0.217. The Balaban J connectivity index is 1.98. The molecule has 1 aliphatic heterocycles. The summed E-state index contributed by atoms with van der Waals surface area (Å²) in [5, 5.41) is 3.01. The number of ether oxygens (including phenoxy) is 2. The zero-order valence-corrected chi connectivity index (χ0v) is 16.5. The van der Waals surface area contributed by atoms with Crippen LogP contribution in [0.5, 0.6) is 0 Å². The average Bonchev–Trinajstić information content (AvgIpc) is 2.96. The highest BCUT2D eigenvalue weighted by atomic mass is 16.5. The van der Waals surface area contributed by atoms with Gasteiger partial charge in [0.25, 0.3) is 0 Å². The Kier molecular flexibility index (Phi) is 5.64. The number of allylic oxidation sites excluding steroid dienone is 1. The summed E-state index contributed by atoms with van der Waals surface area (Å²) in [7, 11) is 0. The molecule has 3 rings (SSSR count). The van der Waals surface area contributed by atoms with Crippen molar-refractivity contribution in [2.24, 2.45) is 0 Å². The molecule has 0 saturated carbocycles. The highest BCUT2D eigenvalue weighted by molar-refractivity contribution is 6.26. The molecular formula is C23H23NO4. The van der Waals surface area contributed by atoms with Crippen molar-refractivity contribution in [2.75, 3.05) is 11.9 Å². The SMILES string of the molecule is CCOC(=O)C1=C(Nc2ccccc2)O/C(=C\c2cc(C)c(C)cc2C)C1=O. The van der Waals surface area contributed by atoms with Gasteiger partial charge in [0, 0.05) is 5.69 Å². The molecule has 0 bridgehead atoms. The van der Waals surface area contributed by atoms with Crippen LogP contribution in [0.15, 0.2) is 59.7 Å². The van der Waals surface area contributed by atoms with Gasteiger partial charge in [-0.2, -0.15) is 0 Å². The molecule has 0 fully saturated rings. The van der Waals surface area contributed by atoms with Crippen molar-refractivity contribution in [3.63, 3.8) is 0 Å². The van der Waals surface area contributed by atoms with E-state index in [0.717, 1.165) is 16.7 Å². The normalized spacial score (nSPS) is 15.0. The Bertz CT molecular complexity index is 987. The summed E-state index contributed by atoms with van der Waals surface area (Å²) in [5.41, 5.74) is 4.76. The summed E-state index contributed by atoms with van der Waals surface area (Å²) >= 11 is 0. The second-order valence-corrected chi connectivity index (χ2v) is 6.65. The van der Waals surface area contributed by atoms with E-state index < -0.39 is 11.8 Å². The number of anilines is 1. The van der Waals surface area contributed by atoms with Gasteiger partial charge in [0.05, 0.1) is 6.61 Å². The largest absolute Gasteiger partial charge is 0.462 e. The molecule has 1 N–H and O–H groups in total. The number of aryl methyl sites for hydroxylation is 3. The zero-order valence-electron chi connectivity index (χ0n) is 16.5. The number of para-hydroxylation sites is 1. The van der Waals surface area contributed by atoms with Gasteiger partial charge in [-0.05, 0) is 68.2 Å². The molecular weight excluding hydrogens is 354 g/mol. The lowest BCUT2D eigenvalue weighted by molar-refractivity contribution is -0.139. The molecule has 0 saturated heterocycles. The minimum absolute atomic E-state index is 0.0855. The highest BCUT2D eigenvalue weighted by Gasteiger charge is 2.37. The van der Waals surface area contributed by atoms with Crippen LogP contribution in [0.2, 0.25) is 0 Å². The molecule has 0 atom stereocenters. The van der Waals surface area contributed by atoms with E-state index >= 15 is 0 Å². The first-order chi connectivity index (χ1) is 13.4. The molecule has 28 heavy (non-hydrogen) atoms. The van der Waals surface area contributed by atoms with E-state index in [2.05, 4.69) is 11.4 Å². The minimum Gasteiger partial charge on any atom is -0.462 e. The predicted molar refractivity (Wildman–Crippen MR) is 108 cm³/mol. The lowest BCUT2D eigenvalue weighted by Crippen LogP contribution is -2.16. The Labute approximate surface area is 164 Å². The van der Waals surface area contributed by atoms with Crippen molar-refractivity contribution in [3.8, 4) is 0 Å². The molecule has 0 radical (unpaired) electrons. The van der Waals surface area contributed by atoms with Gasteiger partial charge in [-0.1, -0.05) is 30.3 Å². The Morgan fingerprint density at radius 2 is 1.75 bits per heavy atom. The van der Waals surface area contributed by atoms with Gasteiger partial charge in [-0.25, -0.2) is 4.79 Å². The highest BCUT2D eigenvalue weighted by Crippen LogP contribution is 2.29. The van der Waals surface area contributed by atoms with E-state index in [1.165, 1.54) is 5.56 Å². The van der Waals surface area contributed by atoms with Crippen LogP contribution in [0.3, 0.4) is 0 Å². The Hall–Kier alpha value is -3.34. The van der Waals surface area contributed by atoms with Crippen molar-refractivity contribution in [1.29, 1.82) is 0 Å². The first kappa shape index (κ1) is 19.4. The number of hydrogen-bond acceptors (Lipinski definition) is 5. The quantitative estimate of drug-likeness (QED) is 0.474. The molecule has 5 heteroatoms. The topological polar surface area (TPSA) is 64.6 Å². The number of benzene rings is 2. The average molecular weight is 377 g/mol. The summed E-state index contributed by atoms with van der Waals surface area (Å²) in [6.07, 6.45) is 1.67. The van der Waals surface area contributed by atoms with Crippen LogP contribution in [-0.4, -0.2) is 18.4 Å². The number of rotatable bonds is 5. The van der Waals surface area contributed by atoms with Crippen LogP contribution >= 0.6 is 0 Å². The standard InChI is InChI=1S/C23H23NO4/c1-5-27-23(26)20-21(25)19(13-17-12-15(3)14(2)11-16(17)4)28-22(20)24-18-9-7-6-8-10-18/h6-13,24H,5H2,1-4H3/b19-13-. The predicted octanol–water partition coefficient (Wildman–Crippen LogP) is 4.44. The Morgan fingerprint density at radius 1 is 1.07 bits per heavy atom. The number of esters is 1. The van der Waals surface area contributed by atoms with Gasteiger partial charge in [0.15, 0.2) is 11.3 Å². The molecule has 0 amide bonds. The molecule has 5 nitrogen and oxygen atoms in total. The van der Waals surface area contributed by atoms with Crippen LogP contribution in [0, 0.1) is 20.8 Å². The fourth-order valence-corrected chi connectivity index (χ4v) is 2.94. The number of carbonyl (C=O) groups excluding carboxylic acids is 2. The van der Waals surface area contributed by atoms with Gasteiger partial charge in [0.2, 0.25) is 11.7 Å². The first-order valence-corrected chi connectivity index (χ1v) is 9.16. The number of Topliss-reactive ketones (excluding diaryl/α,β-unsaturated/α-hetero) is 1. The third kappa shape index (κ3) is 3.98. The van der Waals surface area contributed by atoms with Gasteiger partial charge >= 0.3 is 5.97 Å². The molecule has 2 aromatic rings. The lowest BCUT2D eigenvalue weighted by Gasteiger charge is -2.09. The van der Waals surface area contributed by atoms with Crippen LogP contribution in [0.4, 0.5) is 5.69 Å². The van der Waals surface area contributed by atoms with Crippen molar-refractivity contribution in [1.82, 2.24) is 0 Å². The van der Waals surface area contributed by atoms with E-state index in [-0.39, 0.29) is 23.8 Å². The van der Waals surface area contributed by atoms with E-state index in [1.807, 2.05) is 57.2 Å².